The average Bonchev–Trinajstić information content (AvgIpc) is 3.10. The van der Waals surface area contributed by atoms with Crippen LogP contribution in [0.4, 0.5) is 0 Å². The van der Waals surface area contributed by atoms with Crippen molar-refractivity contribution >= 4 is 18.0 Å². The maximum absolute atomic E-state index is 12.5. The van der Waals surface area contributed by atoms with E-state index in [2.05, 4.69) is 38.6 Å². The van der Waals surface area contributed by atoms with Crippen LogP contribution in [0.2, 0.25) is 0 Å². The maximum Gasteiger partial charge on any atom is 0.338 e. The first-order chi connectivity index (χ1) is 22.6. The van der Waals surface area contributed by atoms with Gasteiger partial charge in [-0.1, -0.05) is 153 Å². The molecule has 4 nitrogen and oxygen atoms in total. The van der Waals surface area contributed by atoms with Crippen molar-refractivity contribution in [2.45, 2.75) is 117 Å². The summed E-state index contributed by atoms with van der Waals surface area (Å²) in [5.74, 6) is -0.536. The molecule has 3 aromatic rings. The summed E-state index contributed by atoms with van der Waals surface area (Å²) in [6.07, 6.45) is 21.3. The van der Waals surface area contributed by atoms with Gasteiger partial charge in [0.2, 0.25) is 0 Å². The molecule has 0 saturated heterocycles. The Balaban J connectivity index is 1.46. The molecule has 0 aliphatic heterocycles. The number of ether oxygens (including phenoxy) is 2. The van der Waals surface area contributed by atoms with Crippen LogP contribution < -0.4 is 0 Å². The van der Waals surface area contributed by atoms with Crippen LogP contribution in [0, 0.1) is 0 Å². The molecule has 0 unspecified atom stereocenters. The highest BCUT2D eigenvalue weighted by Crippen LogP contribution is 2.30. The monoisotopic (exact) mass is 624 g/mol. The number of hydrogen-bond acceptors (Lipinski definition) is 4. The van der Waals surface area contributed by atoms with E-state index in [1.165, 1.54) is 77.0 Å². The van der Waals surface area contributed by atoms with E-state index in [1.54, 1.807) is 0 Å². The molecule has 0 bridgehead atoms. The molecule has 0 heterocycles. The van der Waals surface area contributed by atoms with E-state index in [0.29, 0.717) is 24.3 Å². The molecular weight excluding hydrogens is 568 g/mol. The summed E-state index contributed by atoms with van der Waals surface area (Å²) in [5, 5.41) is 0. The number of benzene rings is 3. The molecule has 0 aliphatic rings. The fraction of sp³-hybridized carbons (Fsp3) is 0.476. The Morgan fingerprint density at radius 1 is 0.522 bits per heavy atom. The van der Waals surface area contributed by atoms with E-state index in [-0.39, 0.29) is 11.9 Å². The Bertz CT molecular complexity index is 1310. The van der Waals surface area contributed by atoms with Crippen LogP contribution in [0.3, 0.4) is 0 Å². The summed E-state index contributed by atoms with van der Waals surface area (Å²) >= 11 is 0. The minimum atomic E-state index is -0.269. The summed E-state index contributed by atoms with van der Waals surface area (Å²) in [4.78, 5) is 25.1. The Morgan fingerprint density at radius 2 is 0.913 bits per heavy atom. The van der Waals surface area contributed by atoms with Crippen molar-refractivity contribution in [2.24, 2.45) is 0 Å². The van der Waals surface area contributed by atoms with E-state index < -0.39 is 0 Å². The van der Waals surface area contributed by atoms with E-state index >= 15 is 0 Å². The predicted molar refractivity (Wildman–Crippen MR) is 193 cm³/mol. The van der Waals surface area contributed by atoms with Crippen molar-refractivity contribution in [3.05, 3.63) is 90.0 Å². The Morgan fingerprint density at radius 3 is 1.35 bits per heavy atom. The zero-order valence-corrected chi connectivity index (χ0v) is 28.5. The highest BCUT2D eigenvalue weighted by atomic mass is 16.5. The van der Waals surface area contributed by atoms with Crippen molar-refractivity contribution in [3.8, 4) is 22.3 Å². The summed E-state index contributed by atoms with van der Waals surface area (Å²) in [5.41, 5.74) is 6.24. The standard InChI is InChI=1S/C42H56O4/c1-4-7-9-11-13-15-17-19-31-45-41(43)37-25-21-35(22-26-37)39-29-30-40(34(6-3)33-39)36-23-27-38(28-24-36)42(44)46-32-20-18-16-14-12-10-8-5-2/h6,21-30,33H,3-5,7-20,31-32H2,1-2H3. The molecule has 248 valence electrons. The third-order valence-corrected chi connectivity index (χ3v) is 8.62. The maximum atomic E-state index is 12.5. The van der Waals surface area contributed by atoms with Gasteiger partial charge in [0.15, 0.2) is 0 Å². The summed E-state index contributed by atoms with van der Waals surface area (Å²) in [6, 6.07) is 21.4. The highest BCUT2D eigenvalue weighted by Gasteiger charge is 2.11. The summed E-state index contributed by atoms with van der Waals surface area (Å²) in [6.45, 7) is 9.45. The molecule has 0 spiro atoms. The Labute approximate surface area is 278 Å². The predicted octanol–water partition coefficient (Wildman–Crippen LogP) is 12.3. The topological polar surface area (TPSA) is 52.6 Å². The second-order valence-corrected chi connectivity index (χ2v) is 12.4. The molecule has 0 radical (unpaired) electrons. The van der Waals surface area contributed by atoms with Crippen LogP contribution in [0.25, 0.3) is 28.3 Å². The SMILES string of the molecule is C=Cc1cc(-c2ccc(C(=O)OCCCCCCCCCC)cc2)ccc1-c1ccc(C(=O)OCCCCCCCCCC)cc1. The molecule has 0 atom stereocenters. The first-order valence-electron chi connectivity index (χ1n) is 17.9. The van der Waals surface area contributed by atoms with Crippen molar-refractivity contribution in [3.63, 3.8) is 0 Å². The van der Waals surface area contributed by atoms with Gasteiger partial charge in [-0.05, 0) is 71.0 Å². The van der Waals surface area contributed by atoms with E-state index in [1.807, 2.05) is 54.6 Å². The fourth-order valence-corrected chi connectivity index (χ4v) is 5.73. The lowest BCUT2D eigenvalue weighted by Gasteiger charge is -2.11. The lowest BCUT2D eigenvalue weighted by molar-refractivity contribution is 0.0488. The number of carbonyl (C=O) groups excluding carboxylic acids is 2. The molecule has 0 saturated carbocycles. The Hall–Kier alpha value is -3.66. The van der Waals surface area contributed by atoms with Gasteiger partial charge in [-0.15, -0.1) is 0 Å². The molecule has 0 fully saturated rings. The zero-order valence-electron chi connectivity index (χ0n) is 28.5. The van der Waals surface area contributed by atoms with Gasteiger partial charge in [0.25, 0.3) is 0 Å². The number of esters is 2. The third-order valence-electron chi connectivity index (χ3n) is 8.62. The normalized spacial score (nSPS) is 10.9. The van der Waals surface area contributed by atoms with Crippen molar-refractivity contribution in [2.75, 3.05) is 13.2 Å². The second-order valence-electron chi connectivity index (χ2n) is 12.4. The number of unbranched alkanes of at least 4 members (excludes halogenated alkanes) is 14. The largest absolute Gasteiger partial charge is 0.462 e. The fourth-order valence-electron chi connectivity index (χ4n) is 5.73. The van der Waals surface area contributed by atoms with Gasteiger partial charge < -0.3 is 9.47 Å². The first-order valence-corrected chi connectivity index (χ1v) is 17.9. The molecule has 0 amide bonds. The van der Waals surface area contributed by atoms with E-state index in [4.69, 9.17) is 9.47 Å². The van der Waals surface area contributed by atoms with Gasteiger partial charge in [-0.3, -0.25) is 0 Å². The minimum Gasteiger partial charge on any atom is -0.462 e. The van der Waals surface area contributed by atoms with E-state index in [9.17, 15) is 9.59 Å². The Kier molecular flexibility index (Phi) is 17.6. The van der Waals surface area contributed by atoms with E-state index in [0.717, 1.165) is 53.5 Å². The van der Waals surface area contributed by atoms with Crippen LogP contribution in [-0.4, -0.2) is 25.2 Å². The van der Waals surface area contributed by atoms with Gasteiger partial charge in [0.05, 0.1) is 24.3 Å². The molecule has 46 heavy (non-hydrogen) atoms. The first kappa shape index (κ1) is 36.8. The summed E-state index contributed by atoms with van der Waals surface area (Å²) < 4.78 is 11.0. The van der Waals surface area contributed by atoms with Gasteiger partial charge in [0, 0.05) is 0 Å². The number of carbonyl (C=O) groups is 2. The van der Waals surface area contributed by atoms with Crippen molar-refractivity contribution in [1.29, 1.82) is 0 Å². The molecular formula is C42H56O4. The van der Waals surface area contributed by atoms with Crippen LogP contribution in [0.1, 0.15) is 143 Å². The van der Waals surface area contributed by atoms with Crippen LogP contribution in [0.5, 0.6) is 0 Å². The summed E-state index contributed by atoms with van der Waals surface area (Å²) in [7, 11) is 0. The molecule has 0 aliphatic carbocycles. The molecule has 3 aromatic carbocycles. The average molecular weight is 625 g/mol. The minimum absolute atomic E-state index is 0.267. The van der Waals surface area contributed by atoms with Crippen LogP contribution in [0.15, 0.2) is 73.3 Å². The van der Waals surface area contributed by atoms with Gasteiger partial charge in [0.1, 0.15) is 0 Å². The highest BCUT2D eigenvalue weighted by molar-refractivity contribution is 5.91. The van der Waals surface area contributed by atoms with Crippen molar-refractivity contribution < 1.29 is 19.1 Å². The second kappa shape index (κ2) is 22.0. The quantitative estimate of drug-likeness (QED) is 0.0778. The smallest absolute Gasteiger partial charge is 0.338 e. The van der Waals surface area contributed by atoms with Crippen LogP contribution >= 0.6 is 0 Å². The van der Waals surface area contributed by atoms with Crippen molar-refractivity contribution in [1.82, 2.24) is 0 Å². The number of rotatable bonds is 23. The molecule has 0 aromatic heterocycles. The lowest BCUT2D eigenvalue weighted by Crippen LogP contribution is -2.06. The number of hydrogen-bond donors (Lipinski definition) is 0. The van der Waals surface area contributed by atoms with Gasteiger partial charge in [-0.2, -0.15) is 0 Å². The van der Waals surface area contributed by atoms with Gasteiger partial charge >= 0.3 is 11.9 Å². The van der Waals surface area contributed by atoms with Crippen LogP contribution in [-0.2, 0) is 9.47 Å². The lowest BCUT2D eigenvalue weighted by atomic mass is 9.94. The molecule has 3 rings (SSSR count). The third kappa shape index (κ3) is 13.0. The van der Waals surface area contributed by atoms with Gasteiger partial charge in [-0.25, -0.2) is 9.59 Å². The molecule has 4 heteroatoms. The molecule has 0 N–H and O–H groups in total. The zero-order chi connectivity index (χ0) is 32.8.